The molecule has 0 aliphatic heterocycles. The number of carbonyl (C=O) groups is 2. The summed E-state index contributed by atoms with van der Waals surface area (Å²) in [7, 11) is 0. The number of hydrogen-bond acceptors (Lipinski definition) is 2. The third-order valence-corrected chi connectivity index (χ3v) is 2.86. The van der Waals surface area contributed by atoms with Gasteiger partial charge in [0.05, 0.1) is 0 Å². The highest BCUT2D eigenvalue weighted by atomic mass is 35.5. The maximum Gasteiger partial charge on any atom is 0.326 e. The Bertz CT molecular complexity index is 445. The van der Waals surface area contributed by atoms with Gasteiger partial charge in [0.2, 0.25) is 0 Å². The third-order valence-electron chi connectivity index (χ3n) is 2.43. The summed E-state index contributed by atoms with van der Waals surface area (Å²) in [4.78, 5) is 22.5. The van der Waals surface area contributed by atoms with Gasteiger partial charge in [0.1, 0.15) is 6.04 Å². The number of carboxylic acid groups (broad SMARTS) is 1. The molecule has 0 heterocycles. The van der Waals surface area contributed by atoms with Crippen molar-refractivity contribution in [2.24, 2.45) is 0 Å². The summed E-state index contributed by atoms with van der Waals surface area (Å²) in [6.07, 6.45) is 0.341. The lowest BCUT2D eigenvalue weighted by atomic mass is 10.1. The molecule has 0 radical (unpaired) electrons. The quantitative estimate of drug-likeness (QED) is 0.867. The van der Waals surface area contributed by atoms with E-state index in [-0.39, 0.29) is 0 Å². The van der Waals surface area contributed by atoms with Gasteiger partial charge in [-0.2, -0.15) is 0 Å². The molecule has 0 aliphatic rings. The fourth-order valence-corrected chi connectivity index (χ4v) is 1.48. The summed E-state index contributed by atoms with van der Waals surface area (Å²) >= 11 is 5.84. The number of hydrogen-bond donors (Lipinski definition) is 2. The van der Waals surface area contributed by atoms with Gasteiger partial charge in [-0.25, -0.2) is 4.79 Å². The number of carbonyl (C=O) groups excluding carboxylic acids is 1. The van der Waals surface area contributed by atoms with E-state index >= 15 is 0 Å². The predicted octanol–water partition coefficient (Wildman–Crippen LogP) is 2.24. The second-order valence-corrected chi connectivity index (χ2v) is 4.14. The van der Waals surface area contributed by atoms with Gasteiger partial charge in [0.25, 0.3) is 5.91 Å². The van der Waals surface area contributed by atoms with Gasteiger partial charge in [0, 0.05) is 10.6 Å². The lowest BCUT2D eigenvalue weighted by Crippen LogP contribution is -2.40. The Kier molecular flexibility index (Phi) is 4.52. The molecule has 0 spiro atoms. The van der Waals surface area contributed by atoms with Crippen LogP contribution in [0.15, 0.2) is 18.2 Å². The Labute approximate surface area is 105 Å². The minimum atomic E-state index is -1.04. The summed E-state index contributed by atoms with van der Waals surface area (Å²) in [6.45, 7) is 3.49. The normalized spacial score (nSPS) is 11.9. The van der Waals surface area contributed by atoms with Crippen LogP contribution in [0.4, 0.5) is 0 Å². The van der Waals surface area contributed by atoms with Crippen molar-refractivity contribution in [3.05, 3.63) is 34.3 Å². The van der Waals surface area contributed by atoms with Crippen molar-refractivity contribution in [3.8, 4) is 0 Å². The van der Waals surface area contributed by atoms with Crippen molar-refractivity contribution < 1.29 is 14.7 Å². The summed E-state index contributed by atoms with van der Waals surface area (Å²) in [5.74, 6) is -1.44. The number of rotatable bonds is 4. The molecule has 1 unspecified atom stereocenters. The van der Waals surface area contributed by atoms with Crippen LogP contribution in [0.25, 0.3) is 0 Å². The van der Waals surface area contributed by atoms with Gasteiger partial charge in [0.15, 0.2) is 0 Å². The smallest absolute Gasteiger partial charge is 0.326 e. The summed E-state index contributed by atoms with van der Waals surface area (Å²) < 4.78 is 0. The molecule has 0 bridgehead atoms. The fourth-order valence-electron chi connectivity index (χ4n) is 1.37. The first-order valence-corrected chi connectivity index (χ1v) is 5.63. The monoisotopic (exact) mass is 255 g/mol. The second kappa shape index (κ2) is 5.68. The largest absolute Gasteiger partial charge is 0.480 e. The van der Waals surface area contributed by atoms with Crippen molar-refractivity contribution in [1.29, 1.82) is 0 Å². The number of halogens is 1. The van der Waals surface area contributed by atoms with Gasteiger partial charge in [-0.15, -0.1) is 0 Å². The number of aryl methyl sites for hydroxylation is 1. The Hall–Kier alpha value is -1.55. The fraction of sp³-hybridized carbons (Fsp3) is 0.333. The molecule has 1 amide bonds. The number of carboxylic acids is 1. The molecule has 1 rings (SSSR count). The highest BCUT2D eigenvalue weighted by molar-refractivity contribution is 6.31. The van der Waals surface area contributed by atoms with E-state index in [0.29, 0.717) is 17.0 Å². The molecule has 0 aliphatic carbocycles. The molecule has 0 aromatic heterocycles. The first-order valence-electron chi connectivity index (χ1n) is 5.25. The zero-order chi connectivity index (χ0) is 13.0. The summed E-state index contributed by atoms with van der Waals surface area (Å²) in [5, 5.41) is 11.9. The van der Waals surface area contributed by atoms with E-state index in [4.69, 9.17) is 16.7 Å². The Morgan fingerprint density at radius 2 is 2.12 bits per heavy atom. The van der Waals surface area contributed by atoms with Crippen molar-refractivity contribution in [2.75, 3.05) is 0 Å². The standard InChI is InChI=1S/C12H14ClNO3/c1-3-10(12(16)17)14-11(15)8-4-5-9(13)7(2)6-8/h4-6,10H,3H2,1-2H3,(H,14,15)(H,16,17). The Balaban J connectivity index is 2.82. The van der Waals surface area contributed by atoms with Crippen LogP contribution in [0.3, 0.4) is 0 Å². The maximum atomic E-state index is 11.8. The molecule has 17 heavy (non-hydrogen) atoms. The first-order chi connectivity index (χ1) is 7.95. The topological polar surface area (TPSA) is 66.4 Å². The molecule has 1 aromatic rings. The third kappa shape index (κ3) is 3.46. The average Bonchev–Trinajstić information content (AvgIpc) is 2.28. The van der Waals surface area contributed by atoms with Crippen molar-refractivity contribution in [2.45, 2.75) is 26.3 Å². The Morgan fingerprint density at radius 3 is 2.59 bits per heavy atom. The first kappa shape index (κ1) is 13.5. The molecular formula is C12H14ClNO3. The van der Waals surface area contributed by atoms with Crippen molar-refractivity contribution >= 4 is 23.5 Å². The van der Waals surface area contributed by atoms with Crippen molar-refractivity contribution in [3.63, 3.8) is 0 Å². The van der Waals surface area contributed by atoms with Gasteiger partial charge < -0.3 is 10.4 Å². The molecule has 2 N–H and O–H groups in total. The minimum Gasteiger partial charge on any atom is -0.480 e. The summed E-state index contributed by atoms with van der Waals surface area (Å²) in [5.41, 5.74) is 1.19. The van der Waals surface area contributed by atoms with Crippen LogP contribution < -0.4 is 5.32 Å². The van der Waals surface area contributed by atoms with Gasteiger partial charge >= 0.3 is 5.97 Å². The number of amides is 1. The molecule has 92 valence electrons. The van der Waals surface area contributed by atoms with E-state index in [9.17, 15) is 9.59 Å². The molecular weight excluding hydrogens is 242 g/mol. The van der Waals surface area contributed by atoms with Crippen LogP contribution in [0.1, 0.15) is 29.3 Å². The van der Waals surface area contributed by atoms with Crippen LogP contribution in [-0.2, 0) is 4.79 Å². The van der Waals surface area contributed by atoms with E-state index in [2.05, 4.69) is 5.32 Å². The van der Waals surface area contributed by atoms with Crippen molar-refractivity contribution in [1.82, 2.24) is 5.32 Å². The molecule has 1 aromatic carbocycles. The molecule has 4 nitrogen and oxygen atoms in total. The zero-order valence-corrected chi connectivity index (χ0v) is 10.4. The van der Waals surface area contributed by atoms with Crippen LogP contribution in [0.5, 0.6) is 0 Å². The second-order valence-electron chi connectivity index (χ2n) is 3.74. The van der Waals surface area contributed by atoms with E-state index in [1.54, 1.807) is 32.0 Å². The molecule has 0 fully saturated rings. The van der Waals surface area contributed by atoms with Crippen LogP contribution >= 0.6 is 11.6 Å². The average molecular weight is 256 g/mol. The van der Waals surface area contributed by atoms with Crippen LogP contribution in [0, 0.1) is 6.92 Å². The lowest BCUT2D eigenvalue weighted by Gasteiger charge is -2.12. The maximum absolute atomic E-state index is 11.8. The minimum absolute atomic E-state index is 0.341. The van der Waals surface area contributed by atoms with E-state index in [1.165, 1.54) is 0 Å². The Morgan fingerprint density at radius 1 is 1.47 bits per heavy atom. The highest BCUT2D eigenvalue weighted by Crippen LogP contribution is 2.16. The molecule has 1 atom stereocenters. The SMILES string of the molecule is CCC(NC(=O)c1ccc(Cl)c(C)c1)C(=O)O. The van der Waals surface area contributed by atoms with Gasteiger partial charge in [-0.3, -0.25) is 4.79 Å². The summed E-state index contributed by atoms with van der Waals surface area (Å²) in [6, 6.07) is 3.96. The predicted molar refractivity (Wildman–Crippen MR) is 65.4 cm³/mol. The zero-order valence-electron chi connectivity index (χ0n) is 9.66. The lowest BCUT2D eigenvalue weighted by molar-refractivity contribution is -0.139. The van der Waals surface area contributed by atoms with Crippen LogP contribution in [-0.4, -0.2) is 23.0 Å². The molecule has 0 saturated heterocycles. The van der Waals surface area contributed by atoms with E-state index < -0.39 is 17.9 Å². The molecule has 0 saturated carbocycles. The van der Waals surface area contributed by atoms with E-state index in [1.807, 2.05) is 0 Å². The van der Waals surface area contributed by atoms with E-state index in [0.717, 1.165) is 5.56 Å². The number of nitrogens with one attached hydrogen (secondary N) is 1. The highest BCUT2D eigenvalue weighted by Gasteiger charge is 2.18. The van der Waals surface area contributed by atoms with Crippen LogP contribution in [0.2, 0.25) is 5.02 Å². The van der Waals surface area contributed by atoms with Gasteiger partial charge in [-0.1, -0.05) is 18.5 Å². The number of aliphatic carboxylic acids is 1. The molecule has 5 heteroatoms. The number of benzene rings is 1. The van der Waals surface area contributed by atoms with Gasteiger partial charge in [-0.05, 0) is 37.1 Å².